The molecule has 0 fully saturated rings. The minimum absolute atomic E-state index is 0.0179. The van der Waals surface area contributed by atoms with Gasteiger partial charge in [-0.05, 0) is 36.1 Å². The highest BCUT2D eigenvalue weighted by molar-refractivity contribution is 5.80. The molecule has 0 bridgehead atoms. The summed E-state index contributed by atoms with van der Waals surface area (Å²) in [5, 5.41) is 3.26. The van der Waals surface area contributed by atoms with Crippen LogP contribution in [0.3, 0.4) is 0 Å². The molecule has 0 atom stereocenters. The van der Waals surface area contributed by atoms with Gasteiger partial charge in [0.2, 0.25) is 0 Å². The number of hydrogen-bond donors (Lipinski definition) is 0. The second kappa shape index (κ2) is 12.6. The van der Waals surface area contributed by atoms with Crippen LogP contribution in [0.4, 0.5) is 0 Å². The zero-order chi connectivity index (χ0) is 28.7. The molecule has 6 aromatic rings. The van der Waals surface area contributed by atoms with Gasteiger partial charge in [0.25, 0.3) is 0 Å². The maximum absolute atomic E-state index is 4.54. The monoisotopic (exact) mass is 532 g/mol. The fraction of sp³-hybridized carbons (Fsp3) is 0.312. The van der Waals surface area contributed by atoms with E-state index < -0.39 is 0 Å². The SMILES string of the molecule is CC(C)(C)c1ncc2ccccc2n1.CC(C)c1ncnc2cnccc12.CC(C)c1ncnc2ncccc12. The quantitative estimate of drug-likeness (QED) is 0.230. The lowest BCUT2D eigenvalue weighted by Crippen LogP contribution is -2.15. The molecule has 0 N–H and O–H groups in total. The molecule has 204 valence electrons. The van der Waals surface area contributed by atoms with Crippen LogP contribution >= 0.6 is 0 Å². The van der Waals surface area contributed by atoms with Crippen LogP contribution in [0.25, 0.3) is 32.8 Å². The van der Waals surface area contributed by atoms with Crippen molar-refractivity contribution in [3.8, 4) is 0 Å². The maximum Gasteiger partial charge on any atom is 0.162 e. The van der Waals surface area contributed by atoms with Crippen molar-refractivity contribution in [2.24, 2.45) is 0 Å². The van der Waals surface area contributed by atoms with E-state index in [0.717, 1.165) is 50.1 Å². The number of para-hydroxylation sites is 1. The molecular formula is C32H36N8. The van der Waals surface area contributed by atoms with E-state index >= 15 is 0 Å². The van der Waals surface area contributed by atoms with E-state index in [4.69, 9.17) is 0 Å². The summed E-state index contributed by atoms with van der Waals surface area (Å²) in [4.78, 5) is 33.9. The lowest BCUT2D eigenvalue weighted by Gasteiger charge is -2.16. The Kier molecular flexibility index (Phi) is 8.99. The molecule has 0 saturated carbocycles. The van der Waals surface area contributed by atoms with E-state index in [2.05, 4.69) is 88.3 Å². The van der Waals surface area contributed by atoms with Crippen molar-refractivity contribution in [3.63, 3.8) is 0 Å². The van der Waals surface area contributed by atoms with Gasteiger partial charge in [-0.1, -0.05) is 66.7 Å². The van der Waals surface area contributed by atoms with Gasteiger partial charge < -0.3 is 0 Å². The second-order valence-electron chi connectivity index (χ2n) is 11.1. The summed E-state index contributed by atoms with van der Waals surface area (Å²) in [7, 11) is 0. The average Bonchev–Trinajstić information content (AvgIpc) is 2.96. The first-order valence-corrected chi connectivity index (χ1v) is 13.5. The normalized spacial score (nSPS) is 11.3. The first-order chi connectivity index (χ1) is 19.1. The number of hydrogen-bond acceptors (Lipinski definition) is 8. The molecule has 40 heavy (non-hydrogen) atoms. The van der Waals surface area contributed by atoms with E-state index in [9.17, 15) is 0 Å². The molecule has 5 heterocycles. The third kappa shape index (κ3) is 6.94. The topological polar surface area (TPSA) is 103 Å². The highest BCUT2D eigenvalue weighted by atomic mass is 14.9. The van der Waals surface area contributed by atoms with Crippen LogP contribution in [0.5, 0.6) is 0 Å². The Morgan fingerprint density at radius 2 is 1.30 bits per heavy atom. The molecule has 8 nitrogen and oxygen atoms in total. The van der Waals surface area contributed by atoms with Crippen LogP contribution < -0.4 is 0 Å². The maximum atomic E-state index is 4.54. The van der Waals surface area contributed by atoms with Gasteiger partial charge >= 0.3 is 0 Å². The summed E-state index contributed by atoms with van der Waals surface area (Å²) >= 11 is 0. The number of pyridine rings is 2. The summed E-state index contributed by atoms with van der Waals surface area (Å²) in [6.07, 6.45) is 10.4. The zero-order valence-electron chi connectivity index (χ0n) is 24.2. The highest BCUT2D eigenvalue weighted by Gasteiger charge is 2.17. The van der Waals surface area contributed by atoms with Crippen molar-refractivity contribution in [1.82, 2.24) is 39.9 Å². The van der Waals surface area contributed by atoms with Gasteiger partial charge in [-0.3, -0.25) is 4.98 Å². The van der Waals surface area contributed by atoms with Gasteiger partial charge in [-0.15, -0.1) is 0 Å². The van der Waals surface area contributed by atoms with E-state index in [1.165, 1.54) is 0 Å². The molecular weight excluding hydrogens is 496 g/mol. The van der Waals surface area contributed by atoms with Crippen molar-refractivity contribution in [2.75, 3.05) is 0 Å². The molecule has 8 heteroatoms. The molecule has 0 saturated heterocycles. The number of aromatic nitrogens is 8. The van der Waals surface area contributed by atoms with E-state index in [1.54, 1.807) is 31.2 Å². The van der Waals surface area contributed by atoms with E-state index in [0.29, 0.717) is 11.8 Å². The first kappa shape index (κ1) is 28.5. The zero-order valence-corrected chi connectivity index (χ0v) is 24.2. The summed E-state index contributed by atoms with van der Waals surface area (Å²) in [6, 6.07) is 13.9. The molecule has 0 amide bonds. The van der Waals surface area contributed by atoms with Crippen LogP contribution in [-0.2, 0) is 5.41 Å². The fourth-order valence-electron chi connectivity index (χ4n) is 4.10. The Balaban J connectivity index is 0.000000139. The third-order valence-corrected chi connectivity index (χ3v) is 6.16. The van der Waals surface area contributed by atoms with E-state index in [1.807, 2.05) is 48.7 Å². The molecule has 6 rings (SSSR count). The van der Waals surface area contributed by atoms with E-state index in [-0.39, 0.29) is 5.41 Å². The van der Waals surface area contributed by atoms with Gasteiger partial charge in [0.05, 0.1) is 28.6 Å². The van der Waals surface area contributed by atoms with Crippen molar-refractivity contribution < 1.29 is 0 Å². The number of rotatable bonds is 2. The molecule has 0 spiro atoms. The van der Waals surface area contributed by atoms with Gasteiger partial charge in [0.15, 0.2) is 5.65 Å². The van der Waals surface area contributed by atoms with Crippen LogP contribution in [0.15, 0.2) is 79.9 Å². The second-order valence-corrected chi connectivity index (χ2v) is 11.1. The number of benzene rings is 1. The Morgan fingerprint density at radius 3 is 2.02 bits per heavy atom. The fourth-order valence-corrected chi connectivity index (χ4v) is 4.10. The lowest BCUT2D eigenvalue weighted by molar-refractivity contribution is 0.548. The van der Waals surface area contributed by atoms with Gasteiger partial charge in [-0.2, -0.15) is 0 Å². The molecule has 1 aromatic carbocycles. The summed E-state index contributed by atoms with van der Waals surface area (Å²) < 4.78 is 0. The number of nitrogens with zero attached hydrogens (tertiary/aromatic N) is 8. The summed E-state index contributed by atoms with van der Waals surface area (Å²) in [6.45, 7) is 14.9. The summed E-state index contributed by atoms with van der Waals surface area (Å²) in [5.41, 5.74) is 4.89. The average molecular weight is 533 g/mol. The van der Waals surface area contributed by atoms with Gasteiger partial charge in [0, 0.05) is 40.2 Å². The van der Waals surface area contributed by atoms with Crippen LogP contribution in [0, 0.1) is 0 Å². The smallest absolute Gasteiger partial charge is 0.162 e. The standard InChI is InChI=1S/C12H14N2.2C10H11N3/c1-12(2,3)11-13-8-9-6-4-5-7-10(9)14-11;1-7(2)10-8-3-4-11-5-9(8)12-6-13-10;1-7(2)9-8-4-3-5-11-10(8)13-6-12-9/h4-8H,1-3H3;2*3-7H,1-2H3. The Morgan fingerprint density at radius 1 is 0.600 bits per heavy atom. The Bertz CT molecular complexity index is 1610. The first-order valence-electron chi connectivity index (χ1n) is 13.5. The summed E-state index contributed by atoms with van der Waals surface area (Å²) in [5.74, 6) is 1.74. The molecule has 0 unspecified atom stereocenters. The van der Waals surface area contributed by atoms with Crippen LogP contribution in [-0.4, -0.2) is 39.9 Å². The Labute approximate surface area is 235 Å². The molecule has 0 radical (unpaired) electrons. The van der Waals surface area contributed by atoms with Crippen molar-refractivity contribution in [3.05, 3.63) is 97.1 Å². The van der Waals surface area contributed by atoms with Crippen molar-refractivity contribution in [2.45, 2.75) is 65.7 Å². The Hall–Kier alpha value is -4.46. The predicted octanol–water partition coefficient (Wildman–Crippen LogP) is 7.22. The third-order valence-electron chi connectivity index (χ3n) is 6.16. The van der Waals surface area contributed by atoms with Crippen LogP contribution in [0.2, 0.25) is 0 Å². The predicted molar refractivity (Wildman–Crippen MR) is 161 cm³/mol. The van der Waals surface area contributed by atoms with Crippen LogP contribution in [0.1, 0.15) is 77.5 Å². The molecule has 0 aliphatic rings. The van der Waals surface area contributed by atoms with Gasteiger partial charge in [-0.25, -0.2) is 34.9 Å². The lowest BCUT2D eigenvalue weighted by atomic mass is 9.95. The van der Waals surface area contributed by atoms with Gasteiger partial charge in [0.1, 0.15) is 18.5 Å². The highest BCUT2D eigenvalue weighted by Crippen LogP contribution is 2.21. The minimum atomic E-state index is 0.0179. The largest absolute Gasteiger partial charge is 0.262 e. The molecule has 0 aliphatic carbocycles. The molecule has 0 aliphatic heterocycles. The van der Waals surface area contributed by atoms with Crippen molar-refractivity contribution >= 4 is 32.8 Å². The minimum Gasteiger partial charge on any atom is -0.262 e. The molecule has 5 aromatic heterocycles. The van der Waals surface area contributed by atoms with Crippen molar-refractivity contribution in [1.29, 1.82) is 0 Å². The number of fused-ring (bicyclic) bond motifs is 3.